The van der Waals surface area contributed by atoms with Crippen LogP contribution in [0.25, 0.3) is 0 Å². The summed E-state index contributed by atoms with van der Waals surface area (Å²) < 4.78 is 30.1. The van der Waals surface area contributed by atoms with Gasteiger partial charge in [-0.25, -0.2) is 0 Å². The van der Waals surface area contributed by atoms with Gasteiger partial charge in [-0.15, -0.1) is 0 Å². The lowest BCUT2D eigenvalue weighted by Crippen LogP contribution is -2.28. The lowest BCUT2D eigenvalue weighted by atomic mass is 10.1. The van der Waals surface area contributed by atoms with Crippen molar-refractivity contribution in [1.29, 1.82) is 0 Å². The van der Waals surface area contributed by atoms with E-state index in [-0.39, 0.29) is 18.3 Å². The lowest BCUT2D eigenvalue weighted by molar-refractivity contribution is -0.116. The molecular formula is C22H21FN2O4. The Morgan fingerprint density at radius 1 is 0.966 bits per heavy atom. The molecule has 0 fully saturated rings. The summed E-state index contributed by atoms with van der Waals surface area (Å²) >= 11 is 0. The number of amides is 1. The topological polar surface area (TPSA) is 60.9 Å². The van der Waals surface area contributed by atoms with Gasteiger partial charge in [0.2, 0.25) is 17.7 Å². The van der Waals surface area contributed by atoms with E-state index < -0.39 is 5.95 Å². The highest BCUT2D eigenvalue weighted by Crippen LogP contribution is 2.33. The Morgan fingerprint density at radius 3 is 2.31 bits per heavy atom. The maximum Gasteiger partial charge on any atom is 0.246 e. The van der Waals surface area contributed by atoms with Gasteiger partial charge in [-0.05, 0) is 42.5 Å². The average Bonchev–Trinajstić information content (AvgIpc) is 2.73. The van der Waals surface area contributed by atoms with Crippen LogP contribution in [0.3, 0.4) is 0 Å². The van der Waals surface area contributed by atoms with Gasteiger partial charge in [0.1, 0.15) is 22.9 Å². The number of ether oxygens (including phenoxy) is 3. The second-order valence-corrected chi connectivity index (χ2v) is 6.15. The standard InChI is InChI=1S/C22H21FN2O4/c1-15(26)25(14-16-6-4-5-7-20(16)28-3)19-12-13-21(23)24-22(19)29-18-10-8-17(27-2)9-11-18/h4-13H,14H2,1-3H3. The van der Waals surface area contributed by atoms with E-state index in [0.717, 1.165) is 5.56 Å². The third-order valence-electron chi connectivity index (χ3n) is 4.27. The second-order valence-electron chi connectivity index (χ2n) is 6.15. The molecule has 0 unspecified atom stereocenters. The number of anilines is 1. The Hall–Kier alpha value is -3.61. The van der Waals surface area contributed by atoms with Gasteiger partial charge in [0.25, 0.3) is 0 Å². The molecule has 0 spiro atoms. The Morgan fingerprint density at radius 2 is 1.66 bits per heavy atom. The number of nitrogens with zero attached hydrogens (tertiary/aromatic N) is 2. The molecule has 0 saturated heterocycles. The zero-order valence-electron chi connectivity index (χ0n) is 16.4. The van der Waals surface area contributed by atoms with Gasteiger partial charge in [0.05, 0.1) is 20.8 Å². The zero-order chi connectivity index (χ0) is 20.8. The lowest BCUT2D eigenvalue weighted by Gasteiger charge is -2.24. The number of pyridine rings is 1. The number of benzene rings is 2. The van der Waals surface area contributed by atoms with Crippen LogP contribution in [0.4, 0.5) is 10.1 Å². The summed E-state index contributed by atoms with van der Waals surface area (Å²) in [6, 6.07) is 16.8. The molecule has 0 saturated carbocycles. The third-order valence-corrected chi connectivity index (χ3v) is 4.27. The third kappa shape index (κ3) is 4.82. The molecule has 7 heteroatoms. The molecule has 0 bridgehead atoms. The summed E-state index contributed by atoms with van der Waals surface area (Å²) in [5.41, 5.74) is 1.14. The minimum absolute atomic E-state index is 0.0136. The molecule has 1 amide bonds. The van der Waals surface area contributed by atoms with Gasteiger partial charge in [0, 0.05) is 12.5 Å². The first-order valence-electron chi connectivity index (χ1n) is 8.90. The van der Waals surface area contributed by atoms with E-state index in [1.54, 1.807) is 38.5 Å². The fourth-order valence-electron chi connectivity index (χ4n) is 2.82. The van der Waals surface area contributed by atoms with Crippen molar-refractivity contribution in [2.45, 2.75) is 13.5 Å². The predicted octanol–water partition coefficient (Wildman–Crippen LogP) is 4.58. The number of rotatable bonds is 7. The van der Waals surface area contributed by atoms with Crippen LogP contribution in [0, 0.1) is 5.95 Å². The van der Waals surface area contributed by atoms with Crippen molar-refractivity contribution in [3.05, 3.63) is 72.2 Å². The normalized spacial score (nSPS) is 10.3. The van der Waals surface area contributed by atoms with E-state index in [0.29, 0.717) is 22.9 Å². The summed E-state index contributed by atoms with van der Waals surface area (Å²) in [7, 11) is 3.12. The molecule has 0 radical (unpaired) electrons. The average molecular weight is 396 g/mol. The first-order valence-corrected chi connectivity index (χ1v) is 8.90. The summed E-state index contributed by atoms with van der Waals surface area (Å²) in [6.07, 6.45) is 0. The van der Waals surface area contributed by atoms with Crippen LogP contribution in [-0.4, -0.2) is 25.1 Å². The molecule has 150 valence electrons. The van der Waals surface area contributed by atoms with E-state index in [1.165, 1.54) is 24.0 Å². The van der Waals surface area contributed by atoms with Crippen LogP contribution in [0.1, 0.15) is 12.5 Å². The van der Waals surface area contributed by atoms with Crippen LogP contribution >= 0.6 is 0 Å². The summed E-state index contributed by atoms with van der Waals surface area (Å²) in [4.78, 5) is 17.7. The number of hydrogen-bond acceptors (Lipinski definition) is 5. The Labute approximate surface area is 168 Å². The highest BCUT2D eigenvalue weighted by atomic mass is 19.1. The van der Waals surface area contributed by atoms with Crippen molar-refractivity contribution in [2.24, 2.45) is 0 Å². The van der Waals surface area contributed by atoms with Gasteiger partial charge >= 0.3 is 0 Å². The summed E-state index contributed by atoms with van der Waals surface area (Å²) in [5, 5.41) is 0. The molecular weight excluding hydrogens is 375 g/mol. The smallest absolute Gasteiger partial charge is 0.246 e. The number of para-hydroxylation sites is 1. The fourth-order valence-corrected chi connectivity index (χ4v) is 2.82. The highest BCUT2D eigenvalue weighted by Gasteiger charge is 2.21. The highest BCUT2D eigenvalue weighted by molar-refractivity contribution is 5.92. The first kappa shape index (κ1) is 20.1. The van der Waals surface area contributed by atoms with E-state index in [2.05, 4.69) is 4.98 Å². The number of methoxy groups -OCH3 is 2. The molecule has 29 heavy (non-hydrogen) atoms. The predicted molar refractivity (Wildman–Crippen MR) is 107 cm³/mol. The molecule has 3 rings (SSSR count). The number of hydrogen-bond donors (Lipinski definition) is 0. The van der Waals surface area contributed by atoms with Crippen molar-refractivity contribution in [3.63, 3.8) is 0 Å². The molecule has 1 heterocycles. The number of carbonyl (C=O) groups is 1. The van der Waals surface area contributed by atoms with Crippen molar-refractivity contribution in [2.75, 3.05) is 19.1 Å². The molecule has 6 nitrogen and oxygen atoms in total. The van der Waals surface area contributed by atoms with E-state index in [9.17, 15) is 9.18 Å². The fraction of sp³-hybridized carbons (Fsp3) is 0.182. The van der Waals surface area contributed by atoms with Gasteiger partial charge in [-0.3, -0.25) is 4.79 Å². The maximum atomic E-state index is 13.8. The monoisotopic (exact) mass is 396 g/mol. The van der Waals surface area contributed by atoms with Crippen molar-refractivity contribution in [3.8, 4) is 23.1 Å². The molecule has 0 N–H and O–H groups in total. The Kier molecular flexibility index (Phi) is 6.29. The molecule has 0 aliphatic rings. The number of halogens is 1. The van der Waals surface area contributed by atoms with Crippen molar-refractivity contribution in [1.82, 2.24) is 4.98 Å². The van der Waals surface area contributed by atoms with Crippen LogP contribution in [-0.2, 0) is 11.3 Å². The molecule has 1 aromatic heterocycles. The second kappa shape index (κ2) is 9.05. The van der Waals surface area contributed by atoms with Crippen LogP contribution < -0.4 is 19.1 Å². The summed E-state index contributed by atoms with van der Waals surface area (Å²) in [5.74, 6) is 0.769. The van der Waals surface area contributed by atoms with Crippen LogP contribution in [0.2, 0.25) is 0 Å². The number of aromatic nitrogens is 1. The van der Waals surface area contributed by atoms with Gasteiger partial charge in [0.15, 0.2) is 0 Å². The molecule has 0 aliphatic heterocycles. The first-order chi connectivity index (χ1) is 14.0. The van der Waals surface area contributed by atoms with Crippen LogP contribution in [0.5, 0.6) is 23.1 Å². The van der Waals surface area contributed by atoms with Crippen molar-refractivity contribution >= 4 is 11.6 Å². The number of carbonyl (C=O) groups excluding carboxylic acids is 1. The van der Waals surface area contributed by atoms with E-state index in [1.807, 2.05) is 24.3 Å². The van der Waals surface area contributed by atoms with Gasteiger partial charge in [-0.2, -0.15) is 9.37 Å². The summed E-state index contributed by atoms with van der Waals surface area (Å²) in [6.45, 7) is 1.64. The largest absolute Gasteiger partial charge is 0.497 e. The molecule has 0 aliphatic carbocycles. The minimum Gasteiger partial charge on any atom is -0.497 e. The van der Waals surface area contributed by atoms with E-state index in [4.69, 9.17) is 14.2 Å². The van der Waals surface area contributed by atoms with Crippen LogP contribution in [0.15, 0.2) is 60.7 Å². The quantitative estimate of drug-likeness (QED) is 0.547. The SMILES string of the molecule is COc1ccc(Oc2nc(F)ccc2N(Cc2ccccc2OC)C(C)=O)cc1. The van der Waals surface area contributed by atoms with Gasteiger partial charge in [-0.1, -0.05) is 18.2 Å². The molecule has 0 atom stereocenters. The maximum absolute atomic E-state index is 13.8. The zero-order valence-corrected chi connectivity index (χ0v) is 16.4. The Balaban J connectivity index is 1.96. The molecule has 3 aromatic rings. The minimum atomic E-state index is -0.710. The van der Waals surface area contributed by atoms with Crippen molar-refractivity contribution < 1.29 is 23.4 Å². The van der Waals surface area contributed by atoms with E-state index >= 15 is 0 Å². The van der Waals surface area contributed by atoms with Gasteiger partial charge < -0.3 is 19.1 Å². The Bertz CT molecular complexity index is 992. The molecule has 2 aromatic carbocycles.